The number of nitrogens with two attached hydrogens (primary N) is 1. The molecule has 1 heterocycles. The zero-order valence-electron chi connectivity index (χ0n) is 12.5. The summed E-state index contributed by atoms with van der Waals surface area (Å²) >= 11 is 0. The maximum absolute atomic E-state index is 6.48. The lowest BCUT2D eigenvalue weighted by Crippen LogP contribution is -2.31. The topological polar surface area (TPSA) is 43.8 Å². The molecule has 108 valence electrons. The van der Waals surface area contributed by atoms with E-state index in [1.165, 1.54) is 36.6 Å². The molecule has 0 saturated heterocycles. The highest BCUT2D eigenvalue weighted by molar-refractivity contribution is 5.81. The zero-order chi connectivity index (χ0) is 14.1. The molecule has 1 aromatic carbocycles. The highest BCUT2D eigenvalue weighted by Gasteiger charge is 2.28. The second-order valence-electron chi connectivity index (χ2n) is 6.30. The Labute approximate surface area is 121 Å². The van der Waals surface area contributed by atoms with Crippen molar-refractivity contribution in [1.82, 2.24) is 9.78 Å². The molecule has 2 aromatic rings. The van der Waals surface area contributed by atoms with Gasteiger partial charge in [-0.05, 0) is 30.7 Å². The minimum atomic E-state index is 0.254. The molecule has 1 saturated carbocycles. The van der Waals surface area contributed by atoms with E-state index in [4.69, 9.17) is 5.73 Å². The van der Waals surface area contributed by atoms with Gasteiger partial charge in [0.05, 0.1) is 11.2 Å². The van der Waals surface area contributed by atoms with Gasteiger partial charge in [-0.1, -0.05) is 38.0 Å². The summed E-state index contributed by atoms with van der Waals surface area (Å²) in [6.07, 6.45) is 6.17. The number of fused-ring (bicyclic) bond motifs is 1. The molecule has 0 amide bonds. The molecule has 3 atom stereocenters. The average Bonchev–Trinajstić information content (AvgIpc) is 3.05. The van der Waals surface area contributed by atoms with E-state index in [2.05, 4.69) is 36.3 Å². The molecule has 3 nitrogen and oxygen atoms in total. The summed E-state index contributed by atoms with van der Waals surface area (Å²) in [5, 5.41) is 5.94. The summed E-state index contributed by atoms with van der Waals surface area (Å²) in [6.45, 7) is 2.30. The summed E-state index contributed by atoms with van der Waals surface area (Å²) < 4.78 is 1.97. The predicted molar refractivity (Wildman–Crippen MR) is 83.5 cm³/mol. The van der Waals surface area contributed by atoms with Crippen LogP contribution in [0.15, 0.2) is 24.3 Å². The molecule has 1 aliphatic rings. The van der Waals surface area contributed by atoms with Crippen LogP contribution in [-0.2, 0) is 13.5 Å². The van der Waals surface area contributed by atoms with Crippen LogP contribution >= 0.6 is 0 Å². The Hall–Kier alpha value is -1.35. The van der Waals surface area contributed by atoms with Crippen molar-refractivity contribution < 1.29 is 0 Å². The Bertz CT molecular complexity index is 587. The van der Waals surface area contributed by atoms with E-state index in [1.54, 1.807) is 0 Å². The van der Waals surface area contributed by atoms with Gasteiger partial charge in [-0.2, -0.15) is 5.10 Å². The van der Waals surface area contributed by atoms with Crippen LogP contribution < -0.4 is 5.73 Å². The molecule has 0 aliphatic heterocycles. The predicted octanol–water partition coefficient (Wildman–Crippen LogP) is 3.27. The zero-order valence-corrected chi connectivity index (χ0v) is 12.5. The van der Waals surface area contributed by atoms with E-state index < -0.39 is 0 Å². The molecule has 3 unspecified atom stereocenters. The van der Waals surface area contributed by atoms with E-state index in [-0.39, 0.29) is 6.04 Å². The van der Waals surface area contributed by atoms with Crippen molar-refractivity contribution in [2.75, 3.05) is 0 Å². The van der Waals surface area contributed by atoms with Crippen LogP contribution in [0.25, 0.3) is 10.9 Å². The number of hydrogen-bond donors (Lipinski definition) is 1. The average molecular weight is 271 g/mol. The Morgan fingerprint density at radius 3 is 2.90 bits per heavy atom. The molecule has 3 rings (SSSR count). The molecule has 1 fully saturated rings. The van der Waals surface area contributed by atoms with Crippen LogP contribution in [0.3, 0.4) is 0 Å². The first-order valence-corrected chi connectivity index (χ1v) is 7.85. The van der Waals surface area contributed by atoms with E-state index in [0.717, 1.165) is 18.0 Å². The highest BCUT2D eigenvalue weighted by Crippen LogP contribution is 2.35. The van der Waals surface area contributed by atoms with Crippen molar-refractivity contribution in [2.24, 2.45) is 24.6 Å². The molecular formula is C17H25N3. The number of rotatable bonds is 4. The lowest BCUT2D eigenvalue weighted by molar-refractivity contribution is 0.402. The van der Waals surface area contributed by atoms with Crippen LogP contribution in [0.4, 0.5) is 0 Å². The number of nitrogens with zero attached hydrogens (tertiary/aromatic N) is 2. The van der Waals surface area contributed by atoms with Gasteiger partial charge < -0.3 is 5.73 Å². The maximum Gasteiger partial charge on any atom is 0.0718 e. The normalized spacial score (nSPS) is 24.4. The van der Waals surface area contributed by atoms with Crippen LogP contribution in [0, 0.1) is 11.8 Å². The second kappa shape index (κ2) is 5.57. The SMILES string of the molecule is CCC1CCC(C(N)Cc2nn(C)c3ccccc23)C1. The second-order valence-corrected chi connectivity index (χ2v) is 6.30. The van der Waals surface area contributed by atoms with E-state index in [9.17, 15) is 0 Å². The molecule has 0 radical (unpaired) electrons. The standard InChI is InChI=1S/C17H25N3/c1-3-12-8-9-13(10-12)15(18)11-16-14-6-4-5-7-17(14)20(2)19-16/h4-7,12-13,15H,3,8-11,18H2,1-2H3. The maximum atomic E-state index is 6.48. The molecule has 0 spiro atoms. The van der Waals surface area contributed by atoms with Gasteiger partial charge in [0, 0.05) is 24.9 Å². The van der Waals surface area contributed by atoms with Crippen molar-refractivity contribution >= 4 is 10.9 Å². The third-order valence-electron chi connectivity index (χ3n) is 5.03. The fourth-order valence-corrected chi connectivity index (χ4v) is 3.70. The minimum Gasteiger partial charge on any atom is -0.327 e. The minimum absolute atomic E-state index is 0.254. The molecule has 1 aromatic heterocycles. The fourth-order valence-electron chi connectivity index (χ4n) is 3.70. The molecule has 3 heteroatoms. The van der Waals surface area contributed by atoms with Gasteiger partial charge in [0.25, 0.3) is 0 Å². The molecule has 20 heavy (non-hydrogen) atoms. The van der Waals surface area contributed by atoms with Crippen molar-refractivity contribution in [3.63, 3.8) is 0 Å². The molecule has 0 bridgehead atoms. The Kier molecular flexibility index (Phi) is 3.79. The van der Waals surface area contributed by atoms with Crippen LogP contribution in [0.1, 0.15) is 38.3 Å². The van der Waals surface area contributed by atoms with Crippen LogP contribution in [0.2, 0.25) is 0 Å². The lowest BCUT2D eigenvalue weighted by Gasteiger charge is -2.18. The summed E-state index contributed by atoms with van der Waals surface area (Å²) in [4.78, 5) is 0. The van der Waals surface area contributed by atoms with Crippen molar-refractivity contribution in [1.29, 1.82) is 0 Å². The monoisotopic (exact) mass is 271 g/mol. The first-order valence-electron chi connectivity index (χ1n) is 7.85. The third kappa shape index (κ3) is 2.47. The lowest BCUT2D eigenvalue weighted by atomic mass is 9.92. The number of aromatic nitrogens is 2. The van der Waals surface area contributed by atoms with Gasteiger partial charge in [0.15, 0.2) is 0 Å². The number of para-hydroxylation sites is 1. The Balaban J connectivity index is 1.76. The van der Waals surface area contributed by atoms with E-state index >= 15 is 0 Å². The van der Waals surface area contributed by atoms with Gasteiger partial charge in [0.2, 0.25) is 0 Å². The van der Waals surface area contributed by atoms with Crippen LogP contribution in [0.5, 0.6) is 0 Å². The van der Waals surface area contributed by atoms with Crippen molar-refractivity contribution in [2.45, 2.75) is 45.1 Å². The first-order chi connectivity index (χ1) is 9.69. The van der Waals surface area contributed by atoms with Gasteiger partial charge in [0.1, 0.15) is 0 Å². The highest BCUT2D eigenvalue weighted by atomic mass is 15.3. The van der Waals surface area contributed by atoms with Gasteiger partial charge >= 0.3 is 0 Å². The van der Waals surface area contributed by atoms with Crippen LogP contribution in [-0.4, -0.2) is 15.8 Å². The van der Waals surface area contributed by atoms with E-state index in [0.29, 0.717) is 5.92 Å². The van der Waals surface area contributed by atoms with Crippen molar-refractivity contribution in [3.05, 3.63) is 30.0 Å². The van der Waals surface area contributed by atoms with Gasteiger partial charge in [-0.25, -0.2) is 0 Å². The number of hydrogen-bond acceptors (Lipinski definition) is 2. The summed E-state index contributed by atoms with van der Waals surface area (Å²) in [5.41, 5.74) is 8.84. The van der Waals surface area contributed by atoms with E-state index in [1.807, 2.05) is 11.7 Å². The third-order valence-corrected chi connectivity index (χ3v) is 5.03. The molecular weight excluding hydrogens is 246 g/mol. The molecule has 2 N–H and O–H groups in total. The summed E-state index contributed by atoms with van der Waals surface area (Å²) in [5.74, 6) is 1.58. The Morgan fingerprint density at radius 2 is 2.15 bits per heavy atom. The van der Waals surface area contributed by atoms with Gasteiger partial charge in [-0.15, -0.1) is 0 Å². The first kappa shape index (κ1) is 13.6. The van der Waals surface area contributed by atoms with Crippen molar-refractivity contribution in [3.8, 4) is 0 Å². The smallest absolute Gasteiger partial charge is 0.0718 e. The largest absolute Gasteiger partial charge is 0.327 e. The quantitative estimate of drug-likeness (QED) is 0.927. The number of benzene rings is 1. The summed E-state index contributed by atoms with van der Waals surface area (Å²) in [7, 11) is 2.01. The number of aryl methyl sites for hydroxylation is 1. The fraction of sp³-hybridized carbons (Fsp3) is 0.588. The Morgan fingerprint density at radius 1 is 1.35 bits per heavy atom. The molecule has 1 aliphatic carbocycles. The summed E-state index contributed by atoms with van der Waals surface area (Å²) in [6, 6.07) is 8.69. The van der Waals surface area contributed by atoms with Gasteiger partial charge in [-0.3, -0.25) is 4.68 Å².